The molecule has 4 nitrogen and oxygen atoms in total. The molecule has 1 aromatic heterocycles. The number of rotatable bonds is 4. The third kappa shape index (κ3) is 3.87. The van der Waals surface area contributed by atoms with Crippen LogP contribution in [0, 0.1) is 13.8 Å². The Balaban J connectivity index is 1.89. The van der Waals surface area contributed by atoms with Gasteiger partial charge in [0, 0.05) is 18.3 Å². The fourth-order valence-corrected chi connectivity index (χ4v) is 1.91. The van der Waals surface area contributed by atoms with Gasteiger partial charge in [-0.2, -0.15) is 18.3 Å². The Kier molecular flexibility index (Phi) is 4.54. The van der Waals surface area contributed by atoms with Gasteiger partial charge in [-0.1, -0.05) is 6.07 Å². The number of hydrogen-bond donors (Lipinski definition) is 1. The molecule has 2 aromatic rings. The zero-order chi connectivity index (χ0) is 16.3. The van der Waals surface area contributed by atoms with Crippen molar-refractivity contribution in [2.24, 2.45) is 0 Å². The van der Waals surface area contributed by atoms with Crippen molar-refractivity contribution in [1.29, 1.82) is 0 Å². The second-order valence-electron chi connectivity index (χ2n) is 5.02. The number of amides is 1. The lowest BCUT2D eigenvalue weighted by atomic mass is 10.1. The summed E-state index contributed by atoms with van der Waals surface area (Å²) in [6.07, 6.45) is -3.21. The third-order valence-corrected chi connectivity index (χ3v) is 3.33. The number of halogens is 3. The molecule has 2 rings (SSSR count). The molecule has 0 aliphatic heterocycles. The molecule has 0 saturated carbocycles. The van der Waals surface area contributed by atoms with Crippen LogP contribution in [0.2, 0.25) is 0 Å². The standard InChI is InChI=1S/C15H16F3N3O/c1-10-3-4-12(9-11(10)2)14(22)19-6-8-21-7-5-13(20-21)15(16,17)18/h3-5,7,9H,6,8H2,1-2H3,(H,19,22). The SMILES string of the molecule is Cc1ccc(C(=O)NCCn2ccc(C(F)(F)F)n2)cc1C. The topological polar surface area (TPSA) is 46.9 Å². The van der Waals surface area contributed by atoms with Gasteiger partial charge in [0.25, 0.3) is 5.91 Å². The van der Waals surface area contributed by atoms with Crippen LogP contribution in [-0.2, 0) is 12.7 Å². The fraction of sp³-hybridized carbons (Fsp3) is 0.333. The minimum atomic E-state index is -4.45. The van der Waals surface area contributed by atoms with Gasteiger partial charge in [-0.25, -0.2) is 0 Å². The van der Waals surface area contributed by atoms with Gasteiger partial charge < -0.3 is 5.32 Å². The molecule has 0 radical (unpaired) electrons. The smallest absolute Gasteiger partial charge is 0.350 e. The largest absolute Gasteiger partial charge is 0.435 e. The molecule has 0 fully saturated rings. The number of benzene rings is 1. The number of hydrogen-bond acceptors (Lipinski definition) is 2. The molecule has 7 heteroatoms. The van der Waals surface area contributed by atoms with Crippen LogP contribution in [0.3, 0.4) is 0 Å². The van der Waals surface area contributed by atoms with Gasteiger partial charge in [0.2, 0.25) is 0 Å². The summed E-state index contributed by atoms with van der Waals surface area (Å²) < 4.78 is 38.3. The van der Waals surface area contributed by atoms with E-state index < -0.39 is 11.9 Å². The first-order valence-corrected chi connectivity index (χ1v) is 6.73. The average Bonchev–Trinajstić information content (AvgIpc) is 2.90. The van der Waals surface area contributed by atoms with Gasteiger partial charge in [-0.15, -0.1) is 0 Å². The second kappa shape index (κ2) is 6.21. The zero-order valence-electron chi connectivity index (χ0n) is 12.2. The van der Waals surface area contributed by atoms with Gasteiger partial charge in [-0.05, 0) is 43.2 Å². The van der Waals surface area contributed by atoms with Crippen molar-refractivity contribution < 1.29 is 18.0 Å². The Morgan fingerprint density at radius 2 is 1.95 bits per heavy atom. The van der Waals surface area contributed by atoms with E-state index in [0.29, 0.717) is 5.56 Å². The number of carbonyl (C=O) groups excluding carboxylic acids is 1. The van der Waals surface area contributed by atoms with Gasteiger partial charge in [0.1, 0.15) is 0 Å². The maximum Gasteiger partial charge on any atom is 0.435 e. The van der Waals surface area contributed by atoms with Gasteiger partial charge in [0.15, 0.2) is 5.69 Å². The van der Waals surface area contributed by atoms with Gasteiger partial charge >= 0.3 is 6.18 Å². The molecule has 0 atom stereocenters. The summed E-state index contributed by atoms with van der Waals surface area (Å²) in [7, 11) is 0. The van der Waals surface area contributed by atoms with Crippen molar-refractivity contribution in [1.82, 2.24) is 15.1 Å². The molecule has 0 unspecified atom stereocenters. The maximum absolute atomic E-state index is 12.4. The van der Waals surface area contributed by atoms with Crippen LogP contribution in [0.5, 0.6) is 0 Å². The second-order valence-corrected chi connectivity index (χ2v) is 5.02. The van der Waals surface area contributed by atoms with Crippen molar-refractivity contribution >= 4 is 5.91 Å². The Labute approximate surface area is 125 Å². The summed E-state index contributed by atoms with van der Waals surface area (Å²) in [6.45, 7) is 4.24. The van der Waals surface area contributed by atoms with E-state index in [9.17, 15) is 18.0 Å². The van der Waals surface area contributed by atoms with Crippen LogP contribution < -0.4 is 5.32 Å². The van der Waals surface area contributed by atoms with E-state index >= 15 is 0 Å². The highest BCUT2D eigenvalue weighted by molar-refractivity contribution is 5.94. The van der Waals surface area contributed by atoms with Crippen LogP contribution in [0.4, 0.5) is 13.2 Å². The first-order chi connectivity index (χ1) is 10.3. The molecule has 1 heterocycles. The van der Waals surface area contributed by atoms with E-state index in [1.165, 1.54) is 6.20 Å². The molecule has 1 N–H and O–H groups in total. The Bertz CT molecular complexity index is 677. The van der Waals surface area contributed by atoms with E-state index in [-0.39, 0.29) is 19.0 Å². The first-order valence-electron chi connectivity index (χ1n) is 6.73. The quantitative estimate of drug-likeness (QED) is 0.943. The van der Waals surface area contributed by atoms with Crippen LogP contribution in [0.15, 0.2) is 30.5 Å². The van der Waals surface area contributed by atoms with E-state index in [2.05, 4.69) is 10.4 Å². The van der Waals surface area contributed by atoms with E-state index in [4.69, 9.17) is 0 Å². The molecule has 0 saturated heterocycles. The predicted molar refractivity (Wildman–Crippen MR) is 75.5 cm³/mol. The zero-order valence-corrected chi connectivity index (χ0v) is 12.2. The Hall–Kier alpha value is -2.31. The molecule has 0 aliphatic carbocycles. The maximum atomic E-state index is 12.4. The highest BCUT2D eigenvalue weighted by Crippen LogP contribution is 2.27. The van der Waals surface area contributed by atoms with E-state index in [0.717, 1.165) is 21.9 Å². The van der Waals surface area contributed by atoms with E-state index in [1.807, 2.05) is 19.9 Å². The number of nitrogens with one attached hydrogen (secondary N) is 1. The average molecular weight is 311 g/mol. The molecule has 1 amide bonds. The van der Waals surface area contributed by atoms with E-state index in [1.54, 1.807) is 12.1 Å². The molecule has 22 heavy (non-hydrogen) atoms. The fourth-order valence-electron chi connectivity index (χ4n) is 1.91. The van der Waals surface area contributed by atoms with Crippen molar-refractivity contribution in [2.75, 3.05) is 6.54 Å². The van der Waals surface area contributed by atoms with Crippen LogP contribution in [0.25, 0.3) is 0 Å². The summed E-state index contributed by atoms with van der Waals surface area (Å²) in [4.78, 5) is 11.9. The van der Waals surface area contributed by atoms with Crippen LogP contribution in [0.1, 0.15) is 27.2 Å². The molecule has 0 spiro atoms. The predicted octanol–water partition coefficient (Wildman–Crippen LogP) is 2.95. The van der Waals surface area contributed by atoms with Crippen molar-refractivity contribution in [3.05, 3.63) is 52.8 Å². The Morgan fingerprint density at radius 1 is 1.23 bits per heavy atom. The highest BCUT2D eigenvalue weighted by Gasteiger charge is 2.33. The van der Waals surface area contributed by atoms with Crippen LogP contribution in [-0.4, -0.2) is 22.2 Å². The van der Waals surface area contributed by atoms with Crippen LogP contribution >= 0.6 is 0 Å². The summed E-state index contributed by atoms with van der Waals surface area (Å²) in [5.41, 5.74) is 1.69. The minimum Gasteiger partial charge on any atom is -0.350 e. The lowest BCUT2D eigenvalue weighted by Gasteiger charge is -2.07. The lowest BCUT2D eigenvalue weighted by molar-refractivity contribution is -0.141. The third-order valence-electron chi connectivity index (χ3n) is 3.33. The summed E-state index contributed by atoms with van der Waals surface area (Å²) in [5.74, 6) is -0.258. The highest BCUT2D eigenvalue weighted by atomic mass is 19.4. The first kappa shape index (κ1) is 16.1. The number of aromatic nitrogens is 2. The summed E-state index contributed by atoms with van der Waals surface area (Å²) in [6, 6.07) is 6.26. The van der Waals surface area contributed by atoms with Crippen molar-refractivity contribution in [3.63, 3.8) is 0 Å². The lowest BCUT2D eigenvalue weighted by Crippen LogP contribution is -2.27. The number of carbonyl (C=O) groups is 1. The molecule has 0 aliphatic rings. The van der Waals surface area contributed by atoms with Gasteiger partial charge in [-0.3, -0.25) is 9.48 Å². The summed E-state index contributed by atoms with van der Waals surface area (Å²) >= 11 is 0. The molecular weight excluding hydrogens is 295 g/mol. The number of aryl methyl sites for hydroxylation is 2. The minimum absolute atomic E-state index is 0.173. The normalized spacial score (nSPS) is 11.5. The van der Waals surface area contributed by atoms with Crippen molar-refractivity contribution in [2.45, 2.75) is 26.6 Å². The number of nitrogens with zero attached hydrogens (tertiary/aromatic N) is 2. The number of alkyl halides is 3. The molecular formula is C15H16F3N3O. The Morgan fingerprint density at radius 3 is 2.55 bits per heavy atom. The van der Waals surface area contributed by atoms with Gasteiger partial charge in [0.05, 0.1) is 6.54 Å². The monoisotopic (exact) mass is 311 g/mol. The summed E-state index contributed by atoms with van der Waals surface area (Å²) in [5, 5.41) is 6.08. The molecule has 118 valence electrons. The molecule has 0 bridgehead atoms. The molecule has 1 aromatic carbocycles. The van der Waals surface area contributed by atoms with Crippen molar-refractivity contribution in [3.8, 4) is 0 Å².